The highest BCUT2D eigenvalue weighted by molar-refractivity contribution is 6.11. The van der Waals surface area contributed by atoms with Crippen molar-refractivity contribution >= 4 is 44.5 Å². The van der Waals surface area contributed by atoms with E-state index in [4.69, 9.17) is 14.7 Å². The van der Waals surface area contributed by atoms with Gasteiger partial charge in [-0.15, -0.1) is 0 Å². The zero-order valence-electron chi connectivity index (χ0n) is 31.7. The van der Waals surface area contributed by atoms with Crippen molar-refractivity contribution in [1.82, 2.24) is 14.9 Å². The number of carbonyl (C=O) groups is 2. The first-order chi connectivity index (χ1) is 24.9. The minimum absolute atomic E-state index is 0.0159. The van der Waals surface area contributed by atoms with Gasteiger partial charge in [0.15, 0.2) is 5.78 Å². The van der Waals surface area contributed by atoms with Crippen LogP contribution in [0.4, 0.5) is 0 Å². The summed E-state index contributed by atoms with van der Waals surface area (Å²) in [6, 6.07) is 23.4. The summed E-state index contributed by atoms with van der Waals surface area (Å²) in [6.45, 7) is 13.1. The standard InChI is InChI=1S/C46H53N3O3/c1-28-21-23-35-34(25-28)39-41-40(32-19-13-14-20-33(32)43(39)52-46(35,5)6)47-36-24-22-30(26-37(36)48-41)44(51)49(31-17-11-8-12-18-31)42(29-15-9-7-10-16-29)38(50)27-45(2,3)4/h7,9-10,13-16,19-20,22,24,26,28,31,34-35,42H,8,11-12,17-18,21,23,25,27H2,1-6H3/t28-,34-,35-,42?/m0/s1. The van der Waals surface area contributed by atoms with Gasteiger partial charge in [0, 0.05) is 40.3 Å². The fourth-order valence-corrected chi connectivity index (χ4v) is 9.79. The molecule has 2 saturated carbocycles. The monoisotopic (exact) mass is 695 g/mol. The number of carbonyl (C=O) groups excluding carboxylic acids is 2. The van der Waals surface area contributed by atoms with Crippen molar-refractivity contribution in [2.24, 2.45) is 17.3 Å². The van der Waals surface area contributed by atoms with E-state index in [0.717, 1.165) is 83.6 Å². The van der Waals surface area contributed by atoms with E-state index in [-0.39, 0.29) is 28.7 Å². The lowest BCUT2D eigenvalue weighted by Gasteiger charge is -2.49. The summed E-state index contributed by atoms with van der Waals surface area (Å²) >= 11 is 0. The smallest absolute Gasteiger partial charge is 0.255 e. The Balaban J connectivity index is 1.29. The number of rotatable bonds is 6. The summed E-state index contributed by atoms with van der Waals surface area (Å²) in [5.41, 5.74) is 5.33. The van der Waals surface area contributed by atoms with E-state index in [1.165, 1.54) is 12.0 Å². The molecule has 2 aliphatic carbocycles. The van der Waals surface area contributed by atoms with E-state index in [1.54, 1.807) is 0 Å². The molecule has 1 unspecified atom stereocenters. The lowest BCUT2D eigenvalue weighted by atomic mass is 9.64. The number of ether oxygens (including phenoxy) is 1. The van der Waals surface area contributed by atoms with Gasteiger partial charge in [0.25, 0.3) is 5.91 Å². The molecule has 6 heteroatoms. The van der Waals surface area contributed by atoms with Crippen LogP contribution in [0, 0.1) is 17.3 Å². The Labute approximate surface area is 308 Å². The van der Waals surface area contributed by atoms with Crippen LogP contribution in [-0.4, -0.2) is 38.2 Å². The maximum absolute atomic E-state index is 15.0. The number of nitrogens with zero attached hydrogens (tertiary/aromatic N) is 3. The third kappa shape index (κ3) is 6.26. The number of ketones is 1. The average molecular weight is 696 g/mol. The normalized spacial score (nSPS) is 22.4. The molecule has 1 aromatic heterocycles. The van der Waals surface area contributed by atoms with E-state index < -0.39 is 6.04 Å². The maximum atomic E-state index is 15.0. The molecule has 6 nitrogen and oxygen atoms in total. The van der Waals surface area contributed by atoms with Crippen LogP contribution in [0.1, 0.15) is 133 Å². The van der Waals surface area contributed by atoms with Gasteiger partial charge in [-0.2, -0.15) is 0 Å². The molecule has 4 atom stereocenters. The number of amides is 1. The summed E-state index contributed by atoms with van der Waals surface area (Å²) in [5.74, 6) is 2.23. The topological polar surface area (TPSA) is 72.4 Å². The van der Waals surface area contributed by atoms with Crippen molar-refractivity contribution in [3.8, 4) is 5.75 Å². The highest BCUT2D eigenvalue weighted by Gasteiger charge is 2.48. The third-order valence-electron chi connectivity index (χ3n) is 12.2. The first-order valence-electron chi connectivity index (χ1n) is 19.6. The van der Waals surface area contributed by atoms with Crippen LogP contribution < -0.4 is 4.74 Å². The molecule has 1 amide bonds. The quantitative estimate of drug-likeness (QED) is 0.131. The van der Waals surface area contributed by atoms with Gasteiger partial charge in [-0.3, -0.25) is 9.59 Å². The minimum atomic E-state index is -0.654. The maximum Gasteiger partial charge on any atom is 0.255 e. The molecule has 8 rings (SSSR count). The minimum Gasteiger partial charge on any atom is -0.487 e. The number of aromatic nitrogens is 2. The Kier molecular flexibility index (Phi) is 8.87. The number of hydrogen-bond donors (Lipinski definition) is 0. The van der Waals surface area contributed by atoms with Crippen molar-refractivity contribution in [3.05, 3.63) is 89.5 Å². The van der Waals surface area contributed by atoms with Crippen LogP contribution in [0.25, 0.3) is 32.8 Å². The summed E-state index contributed by atoms with van der Waals surface area (Å²) < 4.78 is 6.98. The molecule has 4 aromatic carbocycles. The third-order valence-corrected chi connectivity index (χ3v) is 12.2. The van der Waals surface area contributed by atoms with Gasteiger partial charge in [-0.05, 0) is 80.5 Å². The lowest BCUT2D eigenvalue weighted by Crippen LogP contribution is -2.47. The van der Waals surface area contributed by atoms with Crippen LogP contribution >= 0.6 is 0 Å². The summed E-state index contributed by atoms with van der Waals surface area (Å²) in [4.78, 5) is 42.0. The Morgan fingerprint density at radius 1 is 0.846 bits per heavy atom. The van der Waals surface area contributed by atoms with Gasteiger partial charge in [0.2, 0.25) is 0 Å². The Bertz CT molecular complexity index is 2160. The van der Waals surface area contributed by atoms with Crippen LogP contribution in [-0.2, 0) is 4.79 Å². The highest BCUT2D eigenvalue weighted by atomic mass is 16.5. The average Bonchev–Trinajstić information content (AvgIpc) is 3.12. The zero-order chi connectivity index (χ0) is 36.4. The molecule has 270 valence electrons. The largest absolute Gasteiger partial charge is 0.487 e. The van der Waals surface area contributed by atoms with E-state index in [9.17, 15) is 4.79 Å². The van der Waals surface area contributed by atoms with Gasteiger partial charge in [-0.25, -0.2) is 9.97 Å². The number of fused-ring (bicyclic) bond motifs is 9. The SMILES string of the molecule is C[C@H]1CC[C@H]2[C@H](C1)c1c(c3ccccc3c3nc4ccc(C(=O)N(C5CCCCC5)C(C(=O)CC(C)(C)C)c5ccccc5)cc4nc13)OC2(C)C. The van der Waals surface area contributed by atoms with Gasteiger partial charge in [-0.1, -0.05) is 108 Å². The molecule has 0 N–H and O–H groups in total. The fraction of sp³-hybridized carbons (Fsp3) is 0.478. The predicted molar refractivity (Wildman–Crippen MR) is 210 cm³/mol. The Morgan fingerprint density at radius 2 is 1.54 bits per heavy atom. The number of benzene rings is 4. The lowest BCUT2D eigenvalue weighted by molar-refractivity contribution is -0.126. The van der Waals surface area contributed by atoms with Crippen LogP contribution in [0.5, 0.6) is 5.75 Å². The van der Waals surface area contributed by atoms with Crippen LogP contribution in [0.2, 0.25) is 0 Å². The second kappa shape index (κ2) is 13.3. The van der Waals surface area contributed by atoms with Crippen molar-refractivity contribution in [2.45, 2.75) is 123 Å². The zero-order valence-corrected chi connectivity index (χ0v) is 31.7. The second-order valence-electron chi connectivity index (χ2n) is 17.8. The number of Topliss-reactive ketones (excluding diaryl/α,β-unsaturated/α-hetero) is 1. The Hall–Kier alpha value is -4.32. The summed E-state index contributed by atoms with van der Waals surface area (Å²) in [6.07, 6.45) is 8.86. The van der Waals surface area contributed by atoms with Gasteiger partial charge >= 0.3 is 0 Å². The van der Waals surface area contributed by atoms with E-state index in [1.807, 2.05) is 53.4 Å². The predicted octanol–water partition coefficient (Wildman–Crippen LogP) is 11.1. The van der Waals surface area contributed by atoms with Crippen molar-refractivity contribution in [2.75, 3.05) is 0 Å². The van der Waals surface area contributed by atoms with Gasteiger partial charge in [0.05, 0.1) is 22.1 Å². The van der Waals surface area contributed by atoms with Crippen molar-refractivity contribution in [1.29, 1.82) is 0 Å². The molecule has 5 aromatic rings. The van der Waals surface area contributed by atoms with Crippen molar-refractivity contribution in [3.63, 3.8) is 0 Å². The van der Waals surface area contributed by atoms with E-state index in [2.05, 4.69) is 65.8 Å². The summed E-state index contributed by atoms with van der Waals surface area (Å²) in [7, 11) is 0. The number of hydrogen-bond acceptors (Lipinski definition) is 5. The van der Waals surface area contributed by atoms with E-state index in [0.29, 0.717) is 35.3 Å². The molecular formula is C46H53N3O3. The molecule has 2 heterocycles. The molecule has 3 aliphatic rings. The molecule has 2 fully saturated rings. The molecule has 1 aliphatic heterocycles. The first kappa shape index (κ1) is 34.7. The van der Waals surface area contributed by atoms with Gasteiger partial charge in [0.1, 0.15) is 17.4 Å². The molecule has 52 heavy (non-hydrogen) atoms. The van der Waals surface area contributed by atoms with Crippen LogP contribution in [0.15, 0.2) is 72.8 Å². The molecule has 0 bridgehead atoms. The van der Waals surface area contributed by atoms with Gasteiger partial charge < -0.3 is 9.64 Å². The van der Waals surface area contributed by atoms with Crippen molar-refractivity contribution < 1.29 is 14.3 Å². The second-order valence-corrected chi connectivity index (χ2v) is 17.8. The first-order valence-corrected chi connectivity index (χ1v) is 19.6. The van der Waals surface area contributed by atoms with Crippen LogP contribution in [0.3, 0.4) is 0 Å². The molecule has 0 spiro atoms. The van der Waals surface area contributed by atoms with E-state index >= 15 is 4.79 Å². The fourth-order valence-electron chi connectivity index (χ4n) is 9.79. The molecule has 0 saturated heterocycles. The molecular weight excluding hydrogens is 643 g/mol. The highest BCUT2D eigenvalue weighted by Crippen LogP contribution is 2.56. The Morgan fingerprint density at radius 3 is 2.27 bits per heavy atom. The molecule has 0 radical (unpaired) electrons. The summed E-state index contributed by atoms with van der Waals surface area (Å²) in [5, 5.41) is 2.13.